The molecule has 0 unspecified atom stereocenters. The lowest BCUT2D eigenvalue weighted by Gasteiger charge is -2.03. The van der Waals surface area contributed by atoms with Crippen molar-refractivity contribution in [1.29, 1.82) is 0 Å². The Balaban J connectivity index is 1.86. The highest BCUT2D eigenvalue weighted by Gasteiger charge is 2.09. The highest BCUT2D eigenvalue weighted by atomic mass is 79.9. The number of aryl methyl sites for hydroxylation is 1. The summed E-state index contributed by atoms with van der Waals surface area (Å²) in [6.07, 6.45) is 1.84. The van der Waals surface area contributed by atoms with Crippen molar-refractivity contribution >= 4 is 33.5 Å². The van der Waals surface area contributed by atoms with Crippen LogP contribution in [-0.2, 0) is 17.8 Å². The molecule has 0 saturated carbocycles. The molecule has 4 nitrogen and oxygen atoms in total. The molecule has 2 rings (SSSR count). The van der Waals surface area contributed by atoms with Gasteiger partial charge < -0.3 is 0 Å². The van der Waals surface area contributed by atoms with Gasteiger partial charge in [-0.1, -0.05) is 15.9 Å². The second-order valence-electron chi connectivity index (χ2n) is 3.95. The number of carbonyl (C=O) groups is 1. The molecule has 6 heteroatoms. The molecule has 0 fully saturated rings. The molecule has 0 spiro atoms. The first-order chi connectivity index (χ1) is 9.19. The van der Waals surface area contributed by atoms with Crippen LogP contribution in [0, 0.1) is 0 Å². The van der Waals surface area contributed by atoms with Gasteiger partial charge in [-0.2, -0.15) is 5.10 Å². The van der Waals surface area contributed by atoms with E-state index >= 15 is 0 Å². The Labute approximate surface area is 124 Å². The Bertz CT molecular complexity index is 553. The van der Waals surface area contributed by atoms with Crippen LogP contribution in [0.3, 0.4) is 0 Å². The predicted molar refractivity (Wildman–Crippen MR) is 79.3 cm³/mol. The number of ketones is 1. The van der Waals surface area contributed by atoms with Crippen molar-refractivity contribution < 1.29 is 4.79 Å². The first kappa shape index (κ1) is 14.3. The van der Waals surface area contributed by atoms with Crippen LogP contribution >= 0.6 is 27.7 Å². The quantitative estimate of drug-likeness (QED) is 0.759. The summed E-state index contributed by atoms with van der Waals surface area (Å²) in [7, 11) is 0. The third-order valence-electron chi connectivity index (χ3n) is 2.56. The van der Waals surface area contributed by atoms with Gasteiger partial charge >= 0.3 is 0 Å². The van der Waals surface area contributed by atoms with Crippen molar-refractivity contribution in [3.8, 4) is 0 Å². The number of hydrogen-bond acceptors (Lipinski definition) is 4. The fourth-order valence-corrected chi connectivity index (χ4v) is 2.63. The molecule has 0 aliphatic rings. The smallest absolute Gasteiger partial charge is 0.150 e. The Morgan fingerprint density at radius 3 is 2.79 bits per heavy atom. The second-order valence-corrected chi connectivity index (χ2v) is 5.91. The van der Waals surface area contributed by atoms with Gasteiger partial charge in [-0.15, -0.1) is 11.8 Å². The minimum atomic E-state index is 0.163. The molecule has 2 aromatic rings. The molecule has 19 heavy (non-hydrogen) atoms. The molecule has 0 aliphatic carbocycles. The molecule has 0 saturated heterocycles. The van der Waals surface area contributed by atoms with Crippen molar-refractivity contribution in [2.75, 3.05) is 5.75 Å². The van der Waals surface area contributed by atoms with Crippen LogP contribution in [0.25, 0.3) is 0 Å². The molecular formula is C13H14BrN3OS. The molecule has 100 valence electrons. The van der Waals surface area contributed by atoms with E-state index in [0.717, 1.165) is 21.7 Å². The monoisotopic (exact) mass is 339 g/mol. The predicted octanol–water partition coefficient (Wildman–Crippen LogP) is 2.96. The molecule has 1 aromatic heterocycles. The molecule has 1 heterocycles. The van der Waals surface area contributed by atoms with Gasteiger partial charge in [-0.3, -0.25) is 4.79 Å². The van der Waals surface area contributed by atoms with E-state index in [-0.39, 0.29) is 5.78 Å². The zero-order chi connectivity index (χ0) is 13.7. The highest BCUT2D eigenvalue weighted by molar-refractivity contribution is 9.10. The van der Waals surface area contributed by atoms with Crippen molar-refractivity contribution in [3.63, 3.8) is 0 Å². The topological polar surface area (TPSA) is 47.8 Å². The number of aromatic nitrogens is 3. The van der Waals surface area contributed by atoms with Gasteiger partial charge in [-0.25, -0.2) is 9.67 Å². The van der Waals surface area contributed by atoms with Crippen molar-refractivity contribution in [2.45, 2.75) is 24.8 Å². The van der Waals surface area contributed by atoms with E-state index in [4.69, 9.17) is 0 Å². The zero-order valence-electron chi connectivity index (χ0n) is 10.5. The molecule has 0 N–H and O–H groups in total. The fourth-order valence-electron chi connectivity index (χ4n) is 1.61. The maximum Gasteiger partial charge on any atom is 0.150 e. The Morgan fingerprint density at radius 2 is 2.11 bits per heavy atom. The minimum absolute atomic E-state index is 0.163. The van der Waals surface area contributed by atoms with Gasteiger partial charge in [0.2, 0.25) is 0 Å². The van der Waals surface area contributed by atoms with Crippen LogP contribution in [-0.4, -0.2) is 26.3 Å². The number of hydrogen-bond donors (Lipinski definition) is 0. The van der Waals surface area contributed by atoms with E-state index < -0.39 is 0 Å². The summed E-state index contributed by atoms with van der Waals surface area (Å²) < 4.78 is 2.79. The minimum Gasteiger partial charge on any atom is -0.298 e. The second kappa shape index (κ2) is 6.86. The molecule has 0 radical (unpaired) electrons. The normalized spacial score (nSPS) is 10.6. The third-order valence-corrected chi connectivity index (χ3v) is 4.16. The molecule has 0 bridgehead atoms. The summed E-state index contributed by atoms with van der Waals surface area (Å²) >= 11 is 4.93. The average molecular weight is 340 g/mol. The lowest BCUT2D eigenvalue weighted by atomic mass is 10.3. The van der Waals surface area contributed by atoms with E-state index in [0.29, 0.717) is 12.2 Å². The lowest BCUT2D eigenvalue weighted by Crippen LogP contribution is -2.12. The molecule has 0 atom stereocenters. The van der Waals surface area contributed by atoms with Gasteiger partial charge in [-0.05, 0) is 31.2 Å². The van der Waals surface area contributed by atoms with Crippen LogP contribution in [0.2, 0.25) is 0 Å². The summed E-state index contributed by atoms with van der Waals surface area (Å²) in [5.41, 5.74) is 0. The van der Waals surface area contributed by atoms with Crippen LogP contribution in [0.15, 0.2) is 40.0 Å². The van der Waals surface area contributed by atoms with Gasteiger partial charge in [0.1, 0.15) is 12.2 Å². The number of benzene rings is 1. The number of halogens is 1. The number of Topliss-reactive ketones (excluding diaryl/α,β-unsaturated/α-hetero) is 1. The van der Waals surface area contributed by atoms with E-state index in [2.05, 4.69) is 26.0 Å². The van der Waals surface area contributed by atoms with Gasteiger partial charge in [0.05, 0.1) is 12.2 Å². The average Bonchev–Trinajstić information content (AvgIpc) is 2.85. The molecule has 0 amide bonds. The van der Waals surface area contributed by atoms with Crippen LogP contribution < -0.4 is 0 Å². The molecule has 0 aliphatic heterocycles. The first-order valence-electron chi connectivity index (χ1n) is 5.95. The van der Waals surface area contributed by atoms with Gasteiger partial charge in [0.15, 0.2) is 5.78 Å². The molecule has 1 aromatic carbocycles. The van der Waals surface area contributed by atoms with E-state index in [1.165, 1.54) is 6.33 Å². The summed E-state index contributed by atoms with van der Waals surface area (Å²) in [6.45, 7) is 2.72. The summed E-state index contributed by atoms with van der Waals surface area (Å²) in [4.78, 5) is 17.1. The number of thioether (sulfide) groups is 1. The standard InChI is InChI=1S/C13H14BrN3OS/c1-2-17-13(15-9-16-17)7-11(18)8-19-12-5-3-10(14)4-6-12/h3-6,9H,2,7-8H2,1H3. The lowest BCUT2D eigenvalue weighted by molar-refractivity contribution is -0.116. The van der Waals surface area contributed by atoms with E-state index in [1.54, 1.807) is 16.4 Å². The zero-order valence-corrected chi connectivity index (χ0v) is 12.9. The summed E-state index contributed by atoms with van der Waals surface area (Å²) in [6, 6.07) is 7.94. The highest BCUT2D eigenvalue weighted by Crippen LogP contribution is 2.20. The largest absolute Gasteiger partial charge is 0.298 e. The SMILES string of the molecule is CCn1ncnc1CC(=O)CSc1ccc(Br)cc1. The number of nitrogens with zero attached hydrogens (tertiary/aromatic N) is 3. The van der Waals surface area contributed by atoms with Crippen LogP contribution in [0.4, 0.5) is 0 Å². The Hall–Kier alpha value is -1.14. The van der Waals surface area contributed by atoms with Gasteiger partial charge in [0.25, 0.3) is 0 Å². The van der Waals surface area contributed by atoms with Crippen molar-refractivity contribution in [2.24, 2.45) is 0 Å². The van der Waals surface area contributed by atoms with Crippen molar-refractivity contribution in [1.82, 2.24) is 14.8 Å². The maximum atomic E-state index is 11.9. The maximum absolute atomic E-state index is 11.9. The van der Waals surface area contributed by atoms with Gasteiger partial charge in [0, 0.05) is 15.9 Å². The first-order valence-corrected chi connectivity index (χ1v) is 7.73. The molecular weight excluding hydrogens is 326 g/mol. The number of carbonyl (C=O) groups excluding carboxylic acids is 1. The Kier molecular flexibility index (Phi) is 5.15. The fraction of sp³-hybridized carbons (Fsp3) is 0.308. The van der Waals surface area contributed by atoms with Crippen LogP contribution in [0.5, 0.6) is 0 Å². The summed E-state index contributed by atoms with van der Waals surface area (Å²) in [5, 5.41) is 4.06. The van der Waals surface area contributed by atoms with E-state index in [1.807, 2.05) is 31.2 Å². The Morgan fingerprint density at radius 1 is 1.37 bits per heavy atom. The van der Waals surface area contributed by atoms with E-state index in [9.17, 15) is 4.79 Å². The third kappa shape index (κ3) is 4.18. The van der Waals surface area contributed by atoms with Crippen molar-refractivity contribution in [3.05, 3.63) is 40.9 Å². The number of rotatable bonds is 6. The summed E-state index contributed by atoms with van der Waals surface area (Å²) in [5.74, 6) is 1.36. The van der Waals surface area contributed by atoms with Crippen LogP contribution in [0.1, 0.15) is 12.7 Å².